The Morgan fingerprint density at radius 3 is 2.76 bits per heavy atom. The number of carbonyl (C=O) groups is 2. The van der Waals surface area contributed by atoms with Gasteiger partial charge >= 0.3 is 11.9 Å². The standard InChI is InChI=1S/C19H19NO5/c1-9(17-13(18(21)22)6-7-24-17)4-5-12-10(2)11(3)14-8-25-19(23)15(14)16(12)20/h4,6-7H,5,8,20H2,1-3H3,(H,21,22). The van der Waals surface area contributed by atoms with E-state index < -0.39 is 11.9 Å². The molecule has 1 aliphatic heterocycles. The molecule has 2 heterocycles. The fraction of sp³-hybridized carbons (Fsp3) is 0.263. The van der Waals surface area contributed by atoms with Crippen LogP contribution in [0.1, 0.15) is 55.7 Å². The molecule has 3 rings (SSSR count). The lowest BCUT2D eigenvalue weighted by Crippen LogP contribution is -2.08. The van der Waals surface area contributed by atoms with Crippen molar-refractivity contribution in [3.05, 3.63) is 57.5 Å². The average molecular weight is 341 g/mol. The lowest BCUT2D eigenvalue weighted by molar-refractivity contribution is 0.0535. The summed E-state index contributed by atoms with van der Waals surface area (Å²) in [5.74, 6) is -1.11. The first-order valence-corrected chi connectivity index (χ1v) is 7.88. The number of hydrogen-bond donors (Lipinski definition) is 2. The van der Waals surface area contributed by atoms with E-state index >= 15 is 0 Å². The molecular formula is C19H19NO5. The van der Waals surface area contributed by atoms with Crippen LogP contribution < -0.4 is 5.73 Å². The Bertz CT molecular complexity index is 920. The van der Waals surface area contributed by atoms with Gasteiger partial charge in [0.15, 0.2) is 0 Å². The number of furan rings is 1. The Balaban J connectivity index is 2.00. The maximum Gasteiger partial charge on any atom is 0.341 e. The molecule has 6 nitrogen and oxygen atoms in total. The van der Waals surface area contributed by atoms with Crippen LogP contribution in [0.5, 0.6) is 0 Å². The van der Waals surface area contributed by atoms with Crippen LogP contribution in [-0.4, -0.2) is 17.0 Å². The number of nitrogen functional groups attached to an aromatic ring is 1. The average Bonchev–Trinajstić information content (AvgIpc) is 3.19. The van der Waals surface area contributed by atoms with Crippen molar-refractivity contribution in [3.63, 3.8) is 0 Å². The lowest BCUT2D eigenvalue weighted by atomic mass is 9.90. The molecule has 0 unspecified atom stereocenters. The van der Waals surface area contributed by atoms with Crippen LogP contribution in [0.15, 0.2) is 22.8 Å². The Labute approximate surface area is 144 Å². The molecule has 0 aliphatic carbocycles. The van der Waals surface area contributed by atoms with E-state index in [4.69, 9.17) is 14.9 Å². The monoisotopic (exact) mass is 341 g/mol. The smallest absolute Gasteiger partial charge is 0.341 e. The van der Waals surface area contributed by atoms with Crippen molar-refractivity contribution in [1.29, 1.82) is 0 Å². The molecule has 3 N–H and O–H groups in total. The van der Waals surface area contributed by atoms with Crippen molar-refractivity contribution in [2.45, 2.75) is 33.8 Å². The second-order valence-electron chi connectivity index (χ2n) is 6.13. The third-order valence-electron chi connectivity index (χ3n) is 4.78. The summed E-state index contributed by atoms with van der Waals surface area (Å²) in [6, 6.07) is 1.42. The van der Waals surface area contributed by atoms with Crippen LogP contribution in [0.4, 0.5) is 5.69 Å². The maximum atomic E-state index is 11.9. The number of allylic oxidation sites excluding steroid dienone is 2. The minimum Gasteiger partial charge on any atom is -0.478 e. The van der Waals surface area contributed by atoms with Crippen LogP contribution in [0.2, 0.25) is 0 Å². The molecule has 0 atom stereocenters. The summed E-state index contributed by atoms with van der Waals surface area (Å²) in [4.78, 5) is 23.2. The summed E-state index contributed by atoms with van der Waals surface area (Å²) in [6.45, 7) is 5.95. The van der Waals surface area contributed by atoms with Crippen LogP contribution >= 0.6 is 0 Å². The van der Waals surface area contributed by atoms with Gasteiger partial charge in [-0.1, -0.05) is 6.08 Å². The van der Waals surface area contributed by atoms with Crippen molar-refractivity contribution < 1.29 is 23.8 Å². The van der Waals surface area contributed by atoms with E-state index in [0.29, 0.717) is 29.0 Å². The normalized spacial score (nSPS) is 13.7. The van der Waals surface area contributed by atoms with Gasteiger partial charge in [-0.15, -0.1) is 0 Å². The number of carbonyl (C=O) groups excluding carboxylic acids is 1. The van der Waals surface area contributed by atoms with Gasteiger partial charge < -0.3 is 20.0 Å². The van der Waals surface area contributed by atoms with Gasteiger partial charge in [-0.2, -0.15) is 0 Å². The number of hydrogen-bond acceptors (Lipinski definition) is 5. The zero-order chi connectivity index (χ0) is 18.3. The van der Waals surface area contributed by atoms with Crippen LogP contribution in [-0.2, 0) is 17.8 Å². The lowest BCUT2D eigenvalue weighted by Gasteiger charge is -2.15. The highest BCUT2D eigenvalue weighted by Gasteiger charge is 2.29. The molecule has 130 valence electrons. The number of rotatable bonds is 4. The Kier molecular flexibility index (Phi) is 4.12. The van der Waals surface area contributed by atoms with Crippen molar-refractivity contribution in [2.75, 3.05) is 5.73 Å². The zero-order valence-corrected chi connectivity index (χ0v) is 14.3. The van der Waals surface area contributed by atoms with Gasteiger partial charge in [0, 0.05) is 5.56 Å². The second kappa shape index (κ2) is 6.12. The van der Waals surface area contributed by atoms with Crippen molar-refractivity contribution in [3.8, 4) is 0 Å². The molecule has 0 saturated heterocycles. The zero-order valence-electron chi connectivity index (χ0n) is 14.3. The van der Waals surface area contributed by atoms with Gasteiger partial charge in [0.1, 0.15) is 17.9 Å². The third kappa shape index (κ3) is 2.69. The van der Waals surface area contributed by atoms with E-state index in [9.17, 15) is 14.7 Å². The van der Waals surface area contributed by atoms with E-state index in [1.165, 1.54) is 12.3 Å². The summed E-state index contributed by atoms with van der Waals surface area (Å²) >= 11 is 0. The van der Waals surface area contributed by atoms with E-state index in [1.807, 2.05) is 19.9 Å². The molecular weight excluding hydrogens is 322 g/mol. The number of cyclic esters (lactones) is 1. The number of esters is 1. The number of ether oxygens (including phenoxy) is 1. The van der Waals surface area contributed by atoms with Crippen LogP contribution in [0.3, 0.4) is 0 Å². The van der Waals surface area contributed by atoms with Gasteiger partial charge in [0.25, 0.3) is 0 Å². The molecule has 2 aromatic rings. The predicted octanol–water partition coefficient (Wildman–Crippen LogP) is 3.49. The topological polar surface area (TPSA) is 103 Å². The first-order chi connectivity index (χ1) is 11.8. The van der Waals surface area contributed by atoms with Gasteiger partial charge in [-0.25, -0.2) is 9.59 Å². The summed E-state index contributed by atoms with van der Waals surface area (Å²) < 4.78 is 10.4. The maximum absolute atomic E-state index is 11.9. The van der Waals surface area contributed by atoms with Crippen LogP contribution in [0.25, 0.3) is 5.57 Å². The fourth-order valence-corrected chi connectivity index (χ4v) is 3.17. The second-order valence-corrected chi connectivity index (χ2v) is 6.13. The Hall–Kier alpha value is -3.02. The molecule has 0 fully saturated rings. The van der Waals surface area contributed by atoms with E-state index in [1.54, 1.807) is 6.92 Å². The number of aromatic carboxylic acids is 1. The first-order valence-electron chi connectivity index (χ1n) is 7.88. The number of carboxylic acid groups (broad SMARTS) is 1. The minimum absolute atomic E-state index is 0.118. The van der Waals surface area contributed by atoms with Crippen LogP contribution in [0, 0.1) is 13.8 Å². The molecule has 0 spiro atoms. The molecule has 1 aromatic carbocycles. The number of nitrogens with two attached hydrogens (primary N) is 1. The van der Waals surface area contributed by atoms with Gasteiger partial charge in [-0.05, 0) is 55.5 Å². The van der Waals surface area contributed by atoms with Gasteiger partial charge in [0.2, 0.25) is 0 Å². The molecule has 0 bridgehead atoms. The third-order valence-corrected chi connectivity index (χ3v) is 4.78. The highest BCUT2D eigenvalue weighted by atomic mass is 16.5. The molecule has 1 aliphatic rings. The quantitative estimate of drug-likeness (QED) is 0.652. The summed E-state index contributed by atoms with van der Waals surface area (Å²) in [7, 11) is 0. The van der Waals surface area contributed by atoms with E-state index in [-0.39, 0.29) is 12.2 Å². The summed E-state index contributed by atoms with van der Waals surface area (Å²) in [6.07, 6.45) is 3.67. The molecule has 0 amide bonds. The Morgan fingerprint density at radius 2 is 2.08 bits per heavy atom. The van der Waals surface area contributed by atoms with Crippen molar-refractivity contribution in [2.24, 2.45) is 0 Å². The SMILES string of the molecule is CC(=CCc1c(C)c(C)c2c(c1N)C(=O)OC2)c1occc1C(=O)O. The first kappa shape index (κ1) is 16.8. The molecule has 1 aromatic heterocycles. The minimum atomic E-state index is -1.04. The highest BCUT2D eigenvalue weighted by molar-refractivity contribution is 6.00. The predicted molar refractivity (Wildman–Crippen MR) is 92.5 cm³/mol. The fourth-order valence-electron chi connectivity index (χ4n) is 3.17. The largest absolute Gasteiger partial charge is 0.478 e. The summed E-state index contributed by atoms with van der Waals surface area (Å²) in [5.41, 5.74) is 11.6. The Morgan fingerprint density at radius 1 is 1.36 bits per heavy atom. The number of fused-ring (bicyclic) bond motifs is 1. The number of benzene rings is 1. The van der Waals surface area contributed by atoms with E-state index in [0.717, 1.165) is 22.3 Å². The molecule has 25 heavy (non-hydrogen) atoms. The summed E-state index contributed by atoms with van der Waals surface area (Å²) in [5, 5.41) is 9.19. The molecule has 0 saturated carbocycles. The number of anilines is 1. The van der Waals surface area contributed by atoms with Gasteiger partial charge in [0.05, 0.1) is 17.5 Å². The molecule has 6 heteroatoms. The van der Waals surface area contributed by atoms with Crippen molar-refractivity contribution in [1.82, 2.24) is 0 Å². The number of carboxylic acids is 1. The highest BCUT2D eigenvalue weighted by Crippen LogP contribution is 2.35. The molecule has 0 radical (unpaired) electrons. The van der Waals surface area contributed by atoms with E-state index in [2.05, 4.69) is 0 Å². The van der Waals surface area contributed by atoms with Crippen molar-refractivity contribution >= 4 is 23.2 Å². The van der Waals surface area contributed by atoms with Gasteiger partial charge in [-0.3, -0.25) is 0 Å².